The number of rotatable bonds is 26. The standard InChI is InChI=1S/C32H58O3S/c1-2-3-4-5-6-7-8-9-10-11-12-13-14-15-16-17-18-19-20-21-22-23-24-25-27-31-28-26-29-32(30-31)36(33,34)35/h26,28-30H,2-25,27H2,1H3,(H,33,34,35). The van der Waals surface area contributed by atoms with Gasteiger partial charge in [-0.1, -0.05) is 167 Å². The van der Waals surface area contributed by atoms with E-state index < -0.39 is 10.1 Å². The van der Waals surface area contributed by atoms with Gasteiger partial charge in [0.15, 0.2) is 0 Å². The minimum absolute atomic E-state index is 0.00402. The van der Waals surface area contributed by atoms with Crippen molar-refractivity contribution < 1.29 is 13.0 Å². The highest BCUT2D eigenvalue weighted by Crippen LogP contribution is 2.17. The van der Waals surface area contributed by atoms with Crippen LogP contribution in [0.4, 0.5) is 0 Å². The summed E-state index contributed by atoms with van der Waals surface area (Å²) in [5.41, 5.74) is 0.990. The monoisotopic (exact) mass is 522 g/mol. The molecular weight excluding hydrogens is 464 g/mol. The molecule has 3 nitrogen and oxygen atoms in total. The zero-order valence-corrected chi connectivity index (χ0v) is 24.5. The van der Waals surface area contributed by atoms with E-state index in [1.807, 2.05) is 6.07 Å². The Hall–Kier alpha value is -0.870. The van der Waals surface area contributed by atoms with E-state index in [-0.39, 0.29) is 4.90 Å². The van der Waals surface area contributed by atoms with Crippen molar-refractivity contribution in [1.29, 1.82) is 0 Å². The summed E-state index contributed by atoms with van der Waals surface area (Å²) in [4.78, 5) is 0.00402. The molecule has 0 aliphatic carbocycles. The molecule has 0 aliphatic rings. The van der Waals surface area contributed by atoms with Crippen LogP contribution < -0.4 is 0 Å². The largest absolute Gasteiger partial charge is 0.294 e. The molecule has 1 rings (SSSR count). The zero-order chi connectivity index (χ0) is 26.2. The second-order valence-electron chi connectivity index (χ2n) is 11.0. The Morgan fingerprint density at radius 2 is 0.861 bits per heavy atom. The van der Waals surface area contributed by atoms with Gasteiger partial charge in [0.25, 0.3) is 10.1 Å². The maximum Gasteiger partial charge on any atom is 0.294 e. The molecule has 0 aromatic heterocycles. The summed E-state index contributed by atoms with van der Waals surface area (Å²) in [5, 5.41) is 0. The Morgan fingerprint density at radius 1 is 0.528 bits per heavy atom. The van der Waals surface area contributed by atoms with Crippen LogP contribution in [-0.4, -0.2) is 13.0 Å². The number of aryl methyl sites for hydroxylation is 1. The average Bonchev–Trinajstić information content (AvgIpc) is 2.86. The summed E-state index contributed by atoms with van der Waals surface area (Å²) >= 11 is 0. The molecule has 1 N–H and O–H groups in total. The van der Waals surface area contributed by atoms with Gasteiger partial charge in [-0.25, -0.2) is 0 Å². The molecule has 0 unspecified atom stereocenters. The van der Waals surface area contributed by atoms with E-state index in [0.29, 0.717) is 0 Å². The zero-order valence-electron chi connectivity index (χ0n) is 23.7. The fourth-order valence-electron chi connectivity index (χ4n) is 5.15. The van der Waals surface area contributed by atoms with Crippen molar-refractivity contribution in [2.75, 3.05) is 0 Å². The molecule has 210 valence electrons. The predicted octanol–water partition coefficient (Wildman–Crippen LogP) is 10.9. The summed E-state index contributed by atoms with van der Waals surface area (Å²) in [7, 11) is -4.09. The van der Waals surface area contributed by atoms with E-state index in [0.717, 1.165) is 18.4 Å². The minimum atomic E-state index is -4.09. The summed E-state index contributed by atoms with van der Waals surface area (Å²) in [6.07, 6.45) is 34.3. The molecule has 0 saturated carbocycles. The number of unbranched alkanes of at least 4 members (excludes halogenated alkanes) is 23. The first-order valence-corrected chi connectivity index (χ1v) is 17.0. The van der Waals surface area contributed by atoms with Gasteiger partial charge < -0.3 is 0 Å². The lowest BCUT2D eigenvalue weighted by molar-refractivity contribution is 0.483. The highest BCUT2D eigenvalue weighted by atomic mass is 32.2. The molecule has 0 bridgehead atoms. The first kappa shape index (κ1) is 33.2. The van der Waals surface area contributed by atoms with Crippen LogP contribution in [0.1, 0.15) is 167 Å². The molecule has 1 aromatic carbocycles. The van der Waals surface area contributed by atoms with Crippen LogP contribution in [-0.2, 0) is 16.5 Å². The predicted molar refractivity (Wildman–Crippen MR) is 156 cm³/mol. The average molecular weight is 523 g/mol. The summed E-state index contributed by atoms with van der Waals surface area (Å²) in [6.45, 7) is 2.29. The Kier molecular flexibility index (Phi) is 21.4. The van der Waals surface area contributed by atoms with Gasteiger partial charge in [0.05, 0.1) is 4.90 Å². The van der Waals surface area contributed by atoms with E-state index in [1.165, 1.54) is 154 Å². The summed E-state index contributed by atoms with van der Waals surface area (Å²) < 4.78 is 31.6. The first-order valence-electron chi connectivity index (χ1n) is 15.6. The SMILES string of the molecule is CCCCCCCCCCCCCCCCCCCCCCCCCCc1cccc(S(=O)(=O)O)c1. The lowest BCUT2D eigenvalue weighted by Gasteiger charge is -2.05. The smallest absolute Gasteiger partial charge is 0.282 e. The molecule has 1 aromatic rings. The van der Waals surface area contributed by atoms with Crippen LogP contribution in [0.5, 0.6) is 0 Å². The first-order chi connectivity index (χ1) is 17.5. The molecule has 36 heavy (non-hydrogen) atoms. The normalized spacial score (nSPS) is 11.8. The Bertz CT molecular complexity index is 714. The van der Waals surface area contributed by atoms with Crippen molar-refractivity contribution in [3.05, 3.63) is 29.8 Å². The summed E-state index contributed by atoms with van der Waals surface area (Å²) in [6, 6.07) is 6.68. The maximum atomic E-state index is 11.2. The van der Waals surface area contributed by atoms with E-state index in [9.17, 15) is 8.42 Å². The van der Waals surface area contributed by atoms with Crippen molar-refractivity contribution in [2.24, 2.45) is 0 Å². The quantitative estimate of drug-likeness (QED) is 0.0972. The van der Waals surface area contributed by atoms with E-state index >= 15 is 0 Å². The number of hydrogen-bond donors (Lipinski definition) is 1. The number of hydrogen-bond acceptors (Lipinski definition) is 2. The molecule has 0 radical (unpaired) electrons. The van der Waals surface area contributed by atoms with Crippen LogP contribution in [0, 0.1) is 0 Å². The van der Waals surface area contributed by atoms with Gasteiger partial charge in [-0.15, -0.1) is 0 Å². The Morgan fingerprint density at radius 3 is 1.19 bits per heavy atom. The number of benzene rings is 1. The fourth-order valence-corrected chi connectivity index (χ4v) is 5.70. The van der Waals surface area contributed by atoms with Gasteiger partial charge >= 0.3 is 0 Å². The lowest BCUT2D eigenvalue weighted by Crippen LogP contribution is -1.98. The van der Waals surface area contributed by atoms with Gasteiger partial charge in [0.2, 0.25) is 0 Å². The van der Waals surface area contributed by atoms with Crippen LogP contribution in [0.25, 0.3) is 0 Å². The molecule has 0 heterocycles. The highest BCUT2D eigenvalue weighted by Gasteiger charge is 2.09. The molecule has 0 amide bonds. The Labute approximate surface area is 225 Å². The maximum absolute atomic E-state index is 11.2. The van der Waals surface area contributed by atoms with Crippen molar-refractivity contribution in [3.63, 3.8) is 0 Å². The highest BCUT2D eigenvalue weighted by molar-refractivity contribution is 7.85. The molecule has 0 saturated heterocycles. The van der Waals surface area contributed by atoms with Gasteiger partial charge in [0.1, 0.15) is 0 Å². The van der Waals surface area contributed by atoms with Gasteiger partial charge in [-0.05, 0) is 30.5 Å². The molecular formula is C32H58O3S. The van der Waals surface area contributed by atoms with E-state index in [4.69, 9.17) is 4.55 Å². The third-order valence-electron chi connectivity index (χ3n) is 7.52. The van der Waals surface area contributed by atoms with Crippen LogP contribution in [0.2, 0.25) is 0 Å². The van der Waals surface area contributed by atoms with E-state index in [2.05, 4.69) is 6.92 Å². The van der Waals surface area contributed by atoms with Gasteiger partial charge in [-0.2, -0.15) is 8.42 Å². The minimum Gasteiger partial charge on any atom is -0.282 e. The van der Waals surface area contributed by atoms with Crippen molar-refractivity contribution in [1.82, 2.24) is 0 Å². The Balaban J connectivity index is 1.75. The second kappa shape index (κ2) is 23.3. The third-order valence-corrected chi connectivity index (χ3v) is 8.36. The molecule has 0 atom stereocenters. The lowest BCUT2D eigenvalue weighted by atomic mass is 10.0. The van der Waals surface area contributed by atoms with Gasteiger partial charge in [0, 0.05) is 0 Å². The topological polar surface area (TPSA) is 54.4 Å². The van der Waals surface area contributed by atoms with Crippen molar-refractivity contribution in [2.45, 2.75) is 172 Å². The van der Waals surface area contributed by atoms with Crippen LogP contribution in [0.3, 0.4) is 0 Å². The molecule has 0 spiro atoms. The molecule has 4 heteroatoms. The van der Waals surface area contributed by atoms with E-state index in [1.54, 1.807) is 12.1 Å². The third kappa shape index (κ3) is 20.2. The van der Waals surface area contributed by atoms with Crippen LogP contribution in [0.15, 0.2) is 29.2 Å². The van der Waals surface area contributed by atoms with Crippen LogP contribution >= 0.6 is 0 Å². The summed E-state index contributed by atoms with van der Waals surface area (Å²) in [5.74, 6) is 0. The second-order valence-corrected chi connectivity index (χ2v) is 12.4. The van der Waals surface area contributed by atoms with Gasteiger partial charge in [-0.3, -0.25) is 4.55 Å². The molecule has 0 fully saturated rings. The van der Waals surface area contributed by atoms with Crippen molar-refractivity contribution in [3.8, 4) is 0 Å². The fraction of sp³-hybridized carbons (Fsp3) is 0.812. The van der Waals surface area contributed by atoms with Crippen molar-refractivity contribution >= 4 is 10.1 Å². The molecule has 0 aliphatic heterocycles.